The molecule has 0 atom stereocenters. The van der Waals surface area contributed by atoms with E-state index in [0.717, 1.165) is 38.5 Å². The molecule has 8 heteroatoms. The van der Waals surface area contributed by atoms with E-state index in [0.29, 0.717) is 0 Å². The number of nitrogens with two attached hydrogens (primary N) is 1. The number of ether oxygens (including phenoxy) is 1. The van der Waals surface area contributed by atoms with Gasteiger partial charge in [0.25, 0.3) is 0 Å². The average molecular weight is 311 g/mol. The van der Waals surface area contributed by atoms with Crippen LogP contribution in [0.3, 0.4) is 0 Å². The van der Waals surface area contributed by atoms with E-state index in [9.17, 15) is 22.8 Å². The molecule has 0 saturated heterocycles. The highest BCUT2D eigenvalue weighted by Gasteiger charge is 2.50. The molecule has 3 saturated carbocycles. The molecule has 0 aromatic rings. The third-order valence-corrected chi connectivity index (χ3v) is 4.26. The van der Waals surface area contributed by atoms with E-state index in [-0.39, 0.29) is 12.1 Å². The van der Waals surface area contributed by atoms with Crippen LogP contribution in [-0.2, 0) is 14.3 Å². The van der Waals surface area contributed by atoms with Crippen LogP contribution in [0.25, 0.3) is 0 Å². The standard InChI is InChI=1S/C9H15NO2.C4H5F3O2/c10-9-4-1-8(2-5-9,3-6-9)7(11)12;1-2-9-3(8)4(5,6)7/h1-6,10H2,(H,11,12);2H2,1H3. The summed E-state index contributed by atoms with van der Waals surface area (Å²) in [6.45, 7) is 1.06. The molecule has 3 rings (SSSR count). The van der Waals surface area contributed by atoms with Crippen LogP contribution in [0, 0.1) is 5.41 Å². The number of hydrogen-bond donors (Lipinski definition) is 2. The van der Waals surface area contributed by atoms with Gasteiger partial charge in [0.1, 0.15) is 0 Å². The summed E-state index contributed by atoms with van der Waals surface area (Å²) < 4.78 is 37.1. The van der Waals surface area contributed by atoms with E-state index in [1.54, 1.807) is 0 Å². The maximum Gasteiger partial charge on any atom is 0.490 e. The molecule has 0 spiro atoms. The van der Waals surface area contributed by atoms with Crippen molar-refractivity contribution in [3.63, 3.8) is 0 Å². The monoisotopic (exact) mass is 311 g/mol. The third-order valence-electron chi connectivity index (χ3n) is 4.26. The topological polar surface area (TPSA) is 89.6 Å². The number of carboxylic acid groups (broad SMARTS) is 1. The van der Waals surface area contributed by atoms with Crippen LogP contribution in [0.1, 0.15) is 45.4 Å². The second-order valence-electron chi connectivity index (χ2n) is 5.67. The molecular weight excluding hydrogens is 291 g/mol. The predicted octanol–water partition coefficient (Wildman–Crippen LogP) is 2.23. The first kappa shape index (κ1) is 17.7. The summed E-state index contributed by atoms with van der Waals surface area (Å²) in [5.74, 6) is -2.74. The van der Waals surface area contributed by atoms with Gasteiger partial charge < -0.3 is 15.6 Å². The normalized spacial score (nSPS) is 31.1. The molecule has 0 aliphatic heterocycles. The second-order valence-corrected chi connectivity index (χ2v) is 5.67. The van der Waals surface area contributed by atoms with Crippen molar-refractivity contribution < 1.29 is 32.6 Å². The molecule has 0 radical (unpaired) electrons. The fourth-order valence-corrected chi connectivity index (χ4v) is 2.75. The summed E-state index contributed by atoms with van der Waals surface area (Å²) in [4.78, 5) is 20.7. The van der Waals surface area contributed by atoms with Crippen LogP contribution in [-0.4, -0.2) is 35.4 Å². The van der Waals surface area contributed by atoms with E-state index in [2.05, 4.69) is 4.74 Å². The molecule has 0 heterocycles. The van der Waals surface area contributed by atoms with E-state index < -0.39 is 23.5 Å². The molecule has 21 heavy (non-hydrogen) atoms. The van der Waals surface area contributed by atoms with Crippen molar-refractivity contribution in [3.8, 4) is 0 Å². The predicted molar refractivity (Wildman–Crippen MR) is 67.4 cm³/mol. The molecule has 0 aromatic carbocycles. The highest BCUT2D eigenvalue weighted by Crippen LogP contribution is 2.51. The summed E-state index contributed by atoms with van der Waals surface area (Å²) >= 11 is 0. The summed E-state index contributed by atoms with van der Waals surface area (Å²) in [6.07, 6.45) is 0.227. The quantitative estimate of drug-likeness (QED) is 0.763. The fourth-order valence-electron chi connectivity index (χ4n) is 2.75. The number of halogens is 3. The number of hydrogen-bond acceptors (Lipinski definition) is 4. The Morgan fingerprint density at radius 2 is 1.57 bits per heavy atom. The Bertz CT molecular complexity index is 384. The van der Waals surface area contributed by atoms with Gasteiger partial charge in [-0.1, -0.05) is 0 Å². The number of carboxylic acids is 1. The molecule has 0 amide bonds. The Morgan fingerprint density at radius 1 is 1.14 bits per heavy atom. The molecule has 3 N–H and O–H groups in total. The van der Waals surface area contributed by atoms with Crippen LogP contribution in [0.15, 0.2) is 0 Å². The molecule has 3 aliphatic rings. The summed E-state index contributed by atoms with van der Waals surface area (Å²) in [5, 5.41) is 9.06. The van der Waals surface area contributed by atoms with Crippen LogP contribution in [0.5, 0.6) is 0 Å². The van der Waals surface area contributed by atoms with Crippen molar-refractivity contribution in [2.24, 2.45) is 11.1 Å². The van der Waals surface area contributed by atoms with Crippen molar-refractivity contribution in [2.45, 2.75) is 57.2 Å². The van der Waals surface area contributed by atoms with Crippen molar-refractivity contribution in [3.05, 3.63) is 0 Å². The van der Waals surface area contributed by atoms with Crippen molar-refractivity contribution in [1.82, 2.24) is 0 Å². The fraction of sp³-hybridized carbons (Fsp3) is 0.846. The summed E-state index contributed by atoms with van der Waals surface area (Å²) in [7, 11) is 0. The van der Waals surface area contributed by atoms with Crippen LogP contribution >= 0.6 is 0 Å². The number of rotatable bonds is 2. The molecule has 5 nitrogen and oxygen atoms in total. The molecule has 3 aliphatic carbocycles. The minimum absolute atomic E-state index is 0.0167. The zero-order valence-electron chi connectivity index (χ0n) is 11.8. The third kappa shape index (κ3) is 4.33. The highest BCUT2D eigenvalue weighted by molar-refractivity contribution is 5.75. The van der Waals surface area contributed by atoms with Crippen molar-refractivity contribution in [1.29, 1.82) is 0 Å². The first-order valence-corrected chi connectivity index (χ1v) is 6.81. The van der Waals surface area contributed by atoms with Gasteiger partial charge >= 0.3 is 18.1 Å². The zero-order chi connectivity index (χ0) is 16.3. The minimum atomic E-state index is -4.85. The maximum atomic E-state index is 11.2. The number of carbonyl (C=O) groups excluding carboxylic acids is 1. The van der Waals surface area contributed by atoms with Gasteiger partial charge in [0.2, 0.25) is 0 Å². The van der Waals surface area contributed by atoms with Gasteiger partial charge in [-0.2, -0.15) is 13.2 Å². The highest BCUT2D eigenvalue weighted by atomic mass is 19.4. The number of alkyl halides is 3. The Kier molecular flexibility index (Phi) is 5.25. The number of aliphatic carboxylic acids is 1. The molecule has 122 valence electrons. The molecule has 0 aromatic heterocycles. The molecule has 0 unspecified atom stereocenters. The van der Waals surface area contributed by atoms with E-state index in [1.165, 1.54) is 6.92 Å². The number of esters is 1. The van der Waals surface area contributed by atoms with Gasteiger partial charge in [0.05, 0.1) is 12.0 Å². The van der Waals surface area contributed by atoms with E-state index >= 15 is 0 Å². The zero-order valence-corrected chi connectivity index (χ0v) is 11.8. The van der Waals surface area contributed by atoms with Gasteiger partial charge in [-0.3, -0.25) is 4.79 Å². The first-order valence-electron chi connectivity index (χ1n) is 6.81. The molecule has 3 fully saturated rings. The summed E-state index contributed by atoms with van der Waals surface area (Å²) in [6, 6.07) is 0. The Balaban J connectivity index is 0.000000222. The number of carbonyl (C=O) groups is 2. The Hall–Kier alpha value is -1.31. The van der Waals surface area contributed by atoms with Crippen molar-refractivity contribution in [2.75, 3.05) is 6.61 Å². The van der Waals surface area contributed by atoms with Crippen molar-refractivity contribution >= 4 is 11.9 Å². The molecule has 2 bridgehead atoms. The van der Waals surface area contributed by atoms with Crippen LogP contribution < -0.4 is 5.73 Å². The lowest BCUT2D eigenvalue weighted by atomic mass is 9.58. The van der Waals surface area contributed by atoms with Gasteiger partial charge in [0, 0.05) is 5.54 Å². The van der Waals surface area contributed by atoms with Gasteiger partial charge in [-0.25, -0.2) is 4.79 Å². The lowest BCUT2D eigenvalue weighted by Gasteiger charge is -2.49. The van der Waals surface area contributed by atoms with E-state index in [1.807, 2.05) is 0 Å². The SMILES string of the molecule is CCOC(=O)C(F)(F)F.NC12CCC(C(=O)O)(CC1)CC2. The van der Waals surface area contributed by atoms with Crippen LogP contribution in [0.4, 0.5) is 13.2 Å². The largest absolute Gasteiger partial charge is 0.490 e. The molecular formula is C13H20F3NO4. The Labute approximate surface area is 120 Å². The lowest BCUT2D eigenvalue weighted by molar-refractivity contribution is -0.199. The lowest BCUT2D eigenvalue weighted by Crippen LogP contribution is -2.54. The van der Waals surface area contributed by atoms with Gasteiger partial charge in [-0.15, -0.1) is 0 Å². The minimum Gasteiger partial charge on any atom is -0.481 e. The maximum absolute atomic E-state index is 11.2. The van der Waals surface area contributed by atoms with Gasteiger partial charge in [-0.05, 0) is 45.4 Å². The summed E-state index contributed by atoms with van der Waals surface area (Å²) in [5.41, 5.74) is 5.64. The van der Waals surface area contributed by atoms with Gasteiger partial charge in [0.15, 0.2) is 0 Å². The smallest absolute Gasteiger partial charge is 0.481 e. The number of fused-ring (bicyclic) bond motifs is 3. The Morgan fingerprint density at radius 3 is 1.81 bits per heavy atom. The van der Waals surface area contributed by atoms with Crippen LogP contribution in [0.2, 0.25) is 0 Å². The first-order chi connectivity index (χ1) is 9.55. The second kappa shape index (κ2) is 6.21. The average Bonchev–Trinajstić information content (AvgIpc) is 2.40. The van der Waals surface area contributed by atoms with E-state index in [4.69, 9.17) is 10.8 Å².